The highest BCUT2D eigenvalue weighted by Crippen LogP contribution is 2.34. The highest BCUT2D eigenvalue weighted by Gasteiger charge is 2.30. The Kier molecular flexibility index (Phi) is 6.34. The molecule has 1 aliphatic heterocycles. The van der Waals surface area contributed by atoms with Crippen molar-refractivity contribution in [3.8, 4) is 11.5 Å². The van der Waals surface area contributed by atoms with Crippen molar-refractivity contribution >= 4 is 21.6 Å². The number of ether oxygens (including phenoxy) is 2. The number of hydrogen-bond acceptors (Lipinski definition) is 5. The number of carbonyl (C=O) groups excluding carboxylic acids is 1. The number of halogens is 1. The Morgan fingerprint density at radius 1 is 1.00 bits per heavy atom. The van der Waals surface area contributed by atoms with Crippen molar-refractivity contribution < 1.29 is 27.1 Å². The summed E-state index contributed by atoms with van der Waals surface area (Å²) in [5.74, 6) is -0.178. The molecule has 0 saturated heterocycles. The quantitative estimate of drug-likeness (QED) is 0.558. The van der Waals surface area contributed by atoms with E-state index in [1.54, 1.807) is 0 Å². The van der Waals surface area contributed by atoms with Gasteiger partial charge in [0.25, 0.3) is 10.0 Å². The van der Waals surface area contributed by atoms with Crippen molar-refractivity contribution in [3.05, 3.63) is 83.7 Å². The molecule has 0 spiro atoms. The lowest BCUT2D eigenvalue weighted by molar-refractivity contribution is -0.120. The predicted octanol–water partition coefficient (Wildman–Crippen LogP) is 3.99. The number of benzene rings is 3. The fourth-order valence-electron chi connectivity index (χ4n) is 4.51. The summed E-state index contributed by atoms with van der Waals surface area (Å²) < 4.78 is 53.0. The standard InChI is InChI=1S/C26H25FN2O5S/c27-19-8-10-20(11-9-19)29(35(31,32)21-12-13-24-25(16-21)34-15-14-33-24)17-26(30)28-23-7-3-5-18-4-1-2-6-22(18)23/h1-2,4,6,8-13,16,23H,3,5,7,14-15,17H2,(H,28,30)/t23-/m1/s1. The molecule has 1 amide bonds. The fourth-order valence-corrected chi connectivity index (χ4v) is 5.94. The molecule has 0 fully saturated rings. The SMILES string of the molecule is O=C(CN(c1ccc(F)cc1)S(=O)(=O)c1ccc2c(c1)OCCO2)N[C@@H]1CCCc2ccccc21. The fraction of sp³-hybridized carbons (Fsp3) is 0.269. The smallest absolute Gasteiger partial charge is 0.264 e. The van der Waals surface area contributed by atoms with Crippen molar-refractivity contribution in [2.75, 3.05) is 24.1 Å². The summed E-state index contributed by atoms with van der Waals surface area (Å²) >= 11 is 0. The first kappa shape index (κ1) is 23.2. The second-order valence-corrected chi connectivity index (χ2v) is 10.4. The minimum absolute atomic E-state index is 0.0538. The van der Waals surface area contributed by atoms with Gasteiger partial charge in [-0.15, -0.1) is 0 Å². The first-order valence-corrected chi connectivity index (χ1v) is 12.9. The van der Waals surface area contributed by atoms with E-state index in [2.05, 4.69) is 5.32 Å². The van der Waals surface area contributed by atoms with Gasteiger partial charge in [-0.1, -0.05) is 24.3 Å². The third-order valence-corrected chi connectivity index (χ3v) is 7.98. The van der Waals surface area contributed by atoms with Crippen LogP contribution >= 0.6 is 0 Å². The van der Waals surface area contributed by atoms with Crippen molar-refractivity contribution in [3.63, 3.8) is 0 Å². The van der Waals surface area contributed by atoms with Crippen LogP contribution in [0.5, 0.6) is 11.5 Å². The molecule has 1 atom stereocenters. The van der Waals surface area contributed by atoms with Crippen LogP contribution in [0, 0.1) is 5.82 Å². The molecule has 0 bridgehead atoms. The second-order valence-electron chi connectivity index (χ2n) is 8.50. The van der Waals surface area contributed by atoms with Gasteiger partial charge >= 0.3 is 0 Å². The number of rotatable bonds is 6. The molecule has 7 nitrogen and oxygen atoms in total. The predicted molar refractivity (Wildman–Crippen MR) is 129 cm³/mol. The number of nitrogens with zero attached hydrogens (tertiary/aromatic N) is 1. The van der Waals surface area contributed by atoms with Gasteiger partial charge in [0.05, 0.1) is 16.6 Å². The number of hydrogen-bond donors (Lipinski definition) is 1. The zero-order chi connectivity index (χ0) is 24.4. The topological polar surface area (TPSA) is 84.9 Å². The molecule has 5 rings (SSSR count). The molecule has 0 aromatic heterocycles. The minimum atomic E-state index is -4.18. The van der Waals surface area contributed by atoms with E-state index in [0.717, 1.165) is 41.3 Å². The van der Waals surface area contributed by atoms with Crippen LogP contribution in [0.15, 0.2) is 71.6 Å². The van der Waals surface area contributed by atoms with Crippen LogP contribution < -0.4 is 19.1 Å². The Bertz CT molecular complexity index is 1340. The summed E-state index contributed by atoms with van der Waals surface area (Å²) in [4.78, 5) is 13.1. The molecule has 1 heterocycles. The van der Waals surface area contributed by atoms with E-state index >= 15 is 0 Å². The number of aryl methyl sites for hydroxylation is 1. The third-order valence-electron chi connectivity index (χ3n) is 6.21. The monoisotopic (exact) mass is 496 g/mol. The largest absolute Gasteiger partial charge is 0.486 e. The number of fused-ring (bicyclic) bond motifs is 2. The van der Waals surface area contributed by atoms with E-state index < -0.39 is 28.3 Å². The van der Waals surface area contributed by atoms with Crippen LogP contribution in [0.25, 0.3) is 0 Å². The van der Waals surface area contributed by atoms with Crippen LogP contribution in [-0.4, -0.2) is 34.1 Å². The first-order valence-electron chi connectivity index (χ1n) is 11.5. The lowest BCUT2D eigenvalue weighted by Gasteiger charge is -2.29. The summed E-state index contributed by atoms with van der Waals surface area (Å²) in [6.07, 6.45) is 2.65. The van der Waals surface area contributed by atoms with Crippen molar-refractivity contribution in [1.82, 2.24) is 5.32 Å². The van der Waals surface area contributed by atoms with E-state index in [1.165, 1.54) is 35.9 Å². The second kappa shape index (κ2) is 9.58. The lowest BCUT2D eigenvalue weighted by Crippen LogP contribution is -2.42. The van der Waals surface area contributed by atoms with E-state index in [1.807, 2.05) is 24.3 Å². The Labute approximate surface area is 203 Å². The van der Waals surface area contributed by atoms with Crippen LogP contribution in [0.4, 0.5) is 10.1 Å². The average Bonchev–Trinajstić information content (AvgIpc) is 2.88. The first-order chi connectivity index (χ1) is 16.9. The molecule has 0 unspecified atom stereocenters. The zero-order valence-electron chi connectivity index (χ0n) is 18.9. The van der Waals surface area contributed by atoms with Gasteiger partial charge in [-0.2, -0.15) is 0 Å². The van der Waals surface area contributed by atoms with Gasteiger partial charge < -0.3 is 14.8 Å². The third kappa shape index (κ3) is 4.81. The van der Waals surface area contributed by atoms with Crippen LogP contribution in [0.3, 0.4) is 0 Å². The molecule has 3 aromatic rings. The lowest BCUT2D eigenvalue weighted by atomic mass is 9.88. The van der Waals surface area contributed by atoms with Crippen molar-refractivity contribution in [2.24, 2.45) is 0 Å². The average molecular weight is 497 g/mol. The number of nitrogens with one attached hydrogen (secondary N) is 1. The Balaban J connectivity index is 1.44. The summed E-state index contributed by atoms with van der Waals surface area (Å²) in [7, 11) is -4.18. The highest BCUT2D eigenvalue weighted by molar-refractivity contribution is 7.92. The van der Waals surface area contributed by atoms with E-state index in [9.17, 15) is 17.6 Å². The van der Waals surface area contributed by atoms with Gasteiger partial charge in [-0.25, -0.2) is 12.8 Å². The van der Waals surface area contributed by atoms with Gasteiger partial charge in [0.15, 0.2) is 11.5 Å². The Hall–Kier alpha value is -3.59. The Morgan fingerprint density at radius 2 is 1.74 bits per heavy atom. The molecular weight excluding hydrogens is 471 g/mol. The van der Waals surface area contributed by atoms with E-state index in [4.69, 9.17) is 9.47 Å². The van der Waals surface area contributed by atoms with Gasteiger partial charge in [0.1, 0.15) is 25.6 Å². The molecule has 3 aromatic carbocycles. The summed E-state index contributed by atoms with van der Waals surface area (Å²) in [5, 5.41) is 3.00. The van der Waals surface area contributed by atoms with Crippen molar-refractivity contribution in [2.45, 2.75) is 30.2 Å². The van der Waals surface area contributed by atoms with Crippen LogP contribution in [-0.2, 0) is 21.2 Å². The number of carbonyl (C=O) groups is 1. The molecule has 35 heavy (non-hydrogen) atoms. The van der Waals surface area contributed by atoms with Gasteiger partial charge in [0, 0.05) is 6.07 Å². The molecular formula is C26H25FN2O5S. The summed E-state index contributed by atoms with van der Waals surface area (Å²) in [6, 6.07) is 17.1. The molecule has 2 aliphatic rings. The maximum Gasteiger partial charge on any atom is 0.264 e. The van der Waals surface area contributed by atoms with Crippen molar-refractivity contribution in [1.29, 1.82) is 0 Å². The van der Waals surface area contributed by atoms with E-state index in [-0.39, 0.29) is 16.6 Å². The molecule has 182 valence electrons. The minimum Gasteiger partial charge on any atom is -0.486 e. The van der Waals surface area contributed by atoms with Gasteiger partial charge in [-0.3, -0.25) is 9.10 Å². The summed E-state index contributed by atoms with van der Waals surface area (Å²) in [5.41, 5.74) is 2.42. The molecule has 0 saturated carbocycles. The Morgan fingerprint density at radius 3 is 2.54 bits per heavy atom. The zero-order valence-corrected chi connectivity index (χ0v) is 19.8. The van der Waals surface area contributed by atoms with Crippen LogP contribution in [0.1, 0.15) is 30.0 Å². The van der Waals surface area contributed by atoms with Crippen LogP contribution in [0.2, 0.25) is 0 Å². The normalized spacial score (nSPS) is 16.8. The number of amides is 1. The van der Waals surface area contributed by atoms with Gasteiger partial charge in [0.2, 0.25) is 5.91 Å². The molecule has 1 aliphatic carbocycles. The molecule has 1 N–H and O–H groups in total. The number of anilines is 1. The summed E-state index contributed by atoms with van der Waals surface area (Å²) in [6.45, 7) is 0.232. The molecule has 9 heteroatoms. The molecule has 0 radical (unpaired) electrons. The van der Waals surface area contributed by atoms with Gasteiger partial charge in [-0.05, 0) is 66.8 Å². The maximum atomic E-state index is 13.7. The highest BCUT2D eigenvalue weighted by atomic mass is 32.2. The number of sulfonamides is 1. The maximum absolute atomic E-state index is 13.7. The van der Waals surface area contributed by atoms with E-state index in [0.29, 0.717) is 24.7 Å².